The van der Waals surface area contributed by atoms with Crippen LogP contribution in [0.4, 0.5) is 5.69 Å². The van der Waals surface area contributed by atoms with Crippen molar-refractivity contribution in [3.8, 4) is 5.88 Å². The number of pyridine rings is 1. The number of aromatic nitrogens is 1. The molecule has 25 heavy (non-hydrogen) atoms. The molecule has 1 saturated heterocycles. The summed E-state index contributed by atoms with van der Waals surface area (Å²) >= 11 is 0. The molecule has 1 aromatic heterocycles. The zero-order valence-electron chi connectivity index (χ0n) is 14.1. The van der Waals surface area contributed by atoms with E-state index >= 15 is 0 Å². The predicted octanol–water partition coefficient (Wildman–Crippen LogP) is 2.12. The van der Waals surface area contributed by atoms with E-state index in [9.17, 15) is 9.59 Å². The van der Waals surface area contributed by atoms with E-state index < -0.39 is 0 Å². The molecule has 1 aliphatic rings. The van der Waals surface area contributed by atoms with Crippen molar-refractivity contribution in [1.29, 1.82) is 0 Å². The number of hydrogen-bond acceptors (Lipinski definition) is 4. The minimum Gasteiger partial charge on any atom is -0.480 e. The van der Waals surface area contributed by atoms with E-state index in [0.717, 1.165) is 6.42 Å². The number of methoxy groups -OCH3 is 1. The number of nitrogens with zero attached hydrogens (tertiary/aromatic N) is 2. The van der Waals surface area contributed by atoms with Gasteiger partial charge in [-0.1, -0.05) is 30.3 Å². The minimum atomic E-state index is -0.354. The summed E-state index contributed by atoms with van der Waals surface area (Å²) < 4.78 is 5.14. The molecule has 1 N–H and O–H groups in total. The van der Waals surface area contributed by atoms with Crippen LogP contribution in [0.25, 0.3) is 0 Å². The fourth-order valence-corrected chi connectivity index (χ4v) is 2.96. The van der Waals surface area contributed by atoms with Crippen LogP contribution >= 0.6 is 0 Å². The molecule has 1 atom stereocenters. The second-order valence-electron chi connectivity index (χ2n) is 6.03. The van der Waals surface area contributed by atoms with E-state index in [-0.39, 0.29) is 24.2 Å². The fraction of sp³-hybridized carbons (Fsp3) is 0.316. The van der Waals surface area contributed by atoms with Gasteiger partial charge < -0.3 is 15.0 Å². The first kappa shape index (κ1) is 17.0. The third-order valence-electron chi connectivity index (χ3n) is 4.32. The van der Waals surface area contributed by atoms with Gasteiger partial charge in [-0.05, 0) is 24.1 Å². The maximum Gasteiger partial charge on any atom is 0.237 e. The molecule has 1 fully saturated rings. The Balaban J connectivity index is 1.57. The molecule has 0 aliphatic carbocycles. The molecule has 1 unspecified atom stereocenters. The molecule has 1 aromatic carbocycles. The van der Waals surface area contributed by atoms with Gasteiger partial charge in [-0.3, -0.25) is 9.59 Å². The lowest BCUT2D eigenvalue weighted by Crippen LogP contribution is -2.30. The predicted molar refractivity (Wildman–Crippen MR) is 94.3 cm³/mol. The third kappa shape index (κ3) is 4.15. The minimum absolute atomic E-state index is 0.0224. The number of ether oxygens (including phenoxy) is 1. The van der Waals surface area contributed by atoms with Gasteiger partial charge in [-0.25, -0.2) is 4.98 Å². The third-order valence-corrected chi connectivity index (χ3v) is 4.32. The molecule has 6 nitrogen and oxygen atoms in total. The van der Waals surface area contributed by atoms with Crippen LogP contribution in [0.5, 0.6) is 5.88 Å². The molecule has 6 heteroatoms. The quantitative estimate of drug-likeness (QED) is 0.875. The van der Waals surface area contributed by atoms with Crippen LogP contribution < -0.4 is 10.1 Å². The summed E-state index contributed by atoms with van der Waals surface area (Å²) in [5.41, 5.74) is 1.70. The Hall–Kier alpha value is -2.89. The van der Waals surface area contributed by atoms with Crippen molar-refractivity contribution in [2.45, 2.75) is 12.8 Å². The lowest BCUT2D eigenvalue weighted by molar-refractivity contribution is -0.128. The van der Waals surface area contributed by atoms with Gasteiger partial charge in [0.15, 0.2) is 0 Å². The number of carbonyl (C=O) groups is 2. The van der Waals surface area contributed by atoms with Crippen LogP contribution in [-0.4, -0.2) is 41.9 Å². The highest BCUT2D eigenvalue weighted by atomic mass is 16.5. The van der Waals surface area contributed by atoms with Crippen molar-refractivity contribution in [2.24, 2.45) is 5.92 Å². The molecular formula is C19H21N3O3. The number of amides is 2. The monoisotopic (exact) mass is 339 g/mol. The summed E-state index contributed by atoms with van der Waals surface area (Å²) in [4.78, 5) is 30.5. The van der Waals surface area contributed by atoms with Crippen LogP contribution in [0.3, 0.4) is 0 Å². The van der Waals surface area contributed by atoms with Crippen molar-refractivity contribution in [3.63, 3.8) is 0 Å². The van der Waals surface area contributed by atoms with Crippen molar-refractivity contribution < 1.29 is 14.3 Å². The second-order valence-corrected chi connectivity index (χ2v) is 6.03. The van der Waals surface area contributed by atoms with E-state index in [1.165, 1.54) is 12.7 Å². The zero-order chi connectivity index (χ0) is 17.6. The molecular weight excluding hydrogens is 318 g/mol. The Morgan fingerprint density at radius 3 is 2.84 bits per heavy atom. The van der Waals surface area contributed by atoms with Gasteiger partial charge in [-0.2, -0.15) is 0 Å². The average Bonchev–Trinajstić information content (AvgIpc) is 3.02. The van der Waals surface area contributed by atoms with Crippen LogP contribution in [0.1, 0.15) is 12.0 Å². The highest BCUT2D eigenvalue weighted by Gasteiger charge is 2.34. The van der Waals surface area contributed by atoms with Gasteiger partial charge in [0, 0.05) is 25.7 Å². The first-order valence-corrected chi connectivity index (χ1v) is 8.29. The van der Waals surface area contributed by atoms with E-state index in [1.54, 1.807) is 23.2 Å². The van der Waals surface area contributed by atoms with Crippen molar-refractivity contribution in [3.05, 3.63) is 54.2 Å². The topological polar surface area (TPSA) is 71.5 Å². The van der Waals surface area contributed by atoms with Gasteiger partial charge in [0.2, 0.25) is 17.7 Å². The molecule has 0 radical (unpaired) electrons. The normalized spacial score (nSPS) is 16.8. The molecule has 2 aromatic rings. The maximum atomic E-state index is 12.5. The SMILES string of the molecule is COc1ncccc1NC(=O)C1CC(=O)N(CCc2ccccc2)C1. The molecule has 0 saturated carbocycles. The number of likely N-dealkylation sites (tertiary alicyclic amines) is 1. The van der Waals surface area contributed by atoms with Crippen LogP contribution in [0.15, 0.2) is 48.7 Å². The average molecular weight is 339 g/mol. The van der Waals surface area contributed by atoms with Crippen molar-refractivity contribution in [2.75, 3.05) is 25.5 Å². The number of carbonyl (C=O) groups excluding carboxylic acids is 2. The Bertz CT molecular complexity index is 749. The molecule has 130 valence electrons. The van der Waals surface area contributed by atoms with Gasteiger partial charge in [0.1, 0.15) is 5.69 Å². The summed E-state index contributed by atoms with van der Waals surface area (Å²) in [5.74, 6) is -0.148. The molecule has 2 amide bonds. The van der Waals surface area contributed by atoms with Gasteiger partial charge in [0.05, 0.1) is 13.0 Å². The van der Waals surface area contributed by atoms with Crippen LogP contribution in [-0.2, 0) is 16.0 Å². The first-order valence-electron chi connectivity index (χ1n) is 8.29. The zero-order valence-corrected chi connectivity index (χ0v) is 14.1. The second kappa shape index (κ2) is 7.79. The van der Waals surface area contributed by atoms with E-state index in [2.05, 4.69) is 10.3 Å². The van der Waals surface area contributed by atoms with Crippen LogP contribution in [0.2, 0.25) is 0 Å². The summed E-state index contributed by atoms with van der Waals surface area (Å²) in [7, 11) is 1.50. The lowest BCUT2D eigenvalue weighted by Gasteiger charge is -2.17. The summed E-state index contributed by atoms with van der Waals surface area (Å²) in [5, 5.41) is 2.81. The smallest absolute Gasteiger partial charge is 0.237 e. The van der Waals surface area contributed by atoms with Crippen molar-refractivity contribution in [1.82, 2.24) is 9.88 Å². The molecule has 2 heterocycles. The van der Waals surface area contributed by atoms with E-state index in [0.29, 0.717) is 24.7 Å². The molecule has 1 aliphatic heterocycles. The Morgan fingerprint density at radius 2 is 2.08 bits per heavy atom. The standard InChI is InChI=1S/C19H21N3O3/c1-25-19-16(8-5-10-20-19)21-18(24)15-12-17(23)22(13-15)11-9-14-6-3-2-4-7-14/h2-8,10,15H,9,11-13H2,1H3,(H,21,24). The summed E-state index contributed by atoms with van der Waals surface area (Å²) in [6, 6.07) is 13.5. The van der Waals surface area contributed by atoms with Crippen molar-refractivity contribution >= 4 is 17.5 Å². The Labute approximate surface area is 146 Å². The fourth-order valence-electron chi connectivity index (χ4n) is 2.96. The van der Waals surface area contributed by atoms with Gasteiger partial charge >= 0.3 is 0 Å². The molecule has 0 spiro atoms. The molecule has 3 rings (SSSR count). The largest absolute Gasteiger partial charge is 0.480 e. The van der Waals surface area contributed by atoms with Gasteiger partial charge in [-0.15, -0.1) is 0 Å². The highest BCUT2D eigenvalue weighted by Crippen LogP contribution is 2.24. The lowest BCUT2D eigenvalue weighted by atomic mass is 10.1. The first-order chi connectivity index (χ1) is 12.2. The Kier molecular flexibility index (Phi) is 5.28. The maximum absolute atomic E-state index is 12.5. The van der Waals surface area contributed by atoms with E-state index in [1.807, 2.05) is 30.3 Å². The number of benzene rings is 1. The van der Waals surface area contributed by atoms with Crippen LogP contribution in [0, 0.1) is 5.92 Å². The van der Waals surface area contributed by atoms with E-state index in [4.69, 9.17) is 4.74 Å². The molecule has 0 bridgehead atoms. The Morgan fingerprint density at radius 1 is 1.28 bits per heavy atom. The number of nitrogens with one attached hydrogen (secondary N) is 1. The number of anilines is 1. The summed E-state index contributed by atoms with van der Waals surface area (Å²) in [6.45, 7) is 1.07. The number of hydrogen-bond donors (Lipinski definition) is 1. The van der Waals surface area contributed by atoms with Gasteiger partial charge in [0.25, 0.3) is 0 Å². The summed E-state index contributed by atoms with van der Waals surface area (Å²) in [6.07, 6.45) is 2.62. The number of rotatable bonds is 6. The highest BCUT2D eigenvalue weighted by molar-refractivity contribution is 5.97.